The second kappa shape index (κ2) is 5.95. The van der Waals surface area contributed by atoms with Crippen molar-refractivity contribution in [2.75, 3.05) is 13.1 Å². The minimum absolute atomic E-state index is 0.0721. The van der Waals surface area contributed by atoms with E-state index >= 15 is 0 Å². The minimum Gasteiger partial charge on any atom is -0.335 e. The van der Waals surface area contributed by atoms with Gasteiger partial charge in [-0.1, -0.05) is 0 Å². The molecule has 1 aliphatic heterocycles. The molecule has 1 rings (SSSR count). The summed E-state index contributed by atoms with van der Waals surface area (Å²) in [5.41, 5.74) is 5.68. The van der Waals surface area contributed by atoms with E-state index in [1.165, 1.54) is 6.42 Å². The molecule has 0 aliphatic carbocycles. The van der Waals surface area contributed by atoms with Crippen LogP contribution in [0.25, 0.3) is 0 Å². The molecule has 1 saturated heterocycles. The standard InChI is InChI=1S/C11H23N3O/c1-9(12)8-10(2)13-11(15)14-6-4-3-5-7-14/h9-10H,3-8,12H2,1-2H3,(H,13,15). The first kappa shape index (κ1) is 12.3. The highest BCUT2D eigenvalue weighted by Gasteiger charge is 2.18. The molecule has 2 unspecified atom stereocenters. The number of nitrogens with two attached hydrogens (primary N) is 1. The van der Waals surface area contributed by atoms with Crippen molar-refractivity contribution in [1.29, 1.82) is 0 Å². The zero-order chi connectivity index (χ0) is 11.3. The van der Waals surface area contributed by atoms with Gasteiger partial charge in [-0.2, -0.15) is 0 Å². The summed E-state index contributed by atoms with van der Waals surface area (Å²) in [6, 6.07) is 0.379. The van der Waals surface area contributed by atoms with Crippen LogP contribution in [0.15, 0.2) is 0 Å². The molecule has 2 amide bonds. The third-order valence-corrected chi connectivity index (χ3v) is 2.74. The number of nitrogens with one attached hydrogen (secondary N) is 1. The Morgan fingerprint density at radius 2 is 1.93 bits per heavy atom. The van der Waals surface area contributed by atoms with Gasteiger partial charge in [0, 0.05) is 25.2 Å². The number of hydrogen-bond acceptors (Lipinski definition) is 2. The molecule has 15 heavy (non-hydrogen) atoms. The Morgan fingerprint density at radius 3 is 2.47 bits per heavy atom. The molecule has 0 spiro atoms. The van der Waals surface area contributed by atoms with E-state index in [2.05, 4.69) is 5.32 Å². The lowest BCUT2D eigenvalue weighted by Gasteiger charge is -2.28. The smallest absolute Gasteiger partial charge is 0.317 e. The van der Waals surface area contributed by atoms with E-state index in [1.807, 2.05) is 18.7 Å². The monoisotopic (exact) mass is 213 g/mol. The fourth-order valence-corrected chi connectivity index (χ4v) is 2.02. The van der Waals surface area contributed by atoms with Gasteiger partial charge in [-0.05, 0) is 39.5 Å². The fraction of sp³-hybridized carbons (Fsp3) is 0.909. The van der Waals surface area contributed by atoms with Gasteiger partial charge in [-0.15, -0.1) is 0 Å². The van der Waals surface area contributed by atoms with E-state index in [0.29, 0.717) is 0 Å². The molecule has 1 fully saturated rings. The topological polar surface area (TPSA) is 58.4 Å². The lowest BCUT2D eigenvalue weighted by Crippen LogP contribution is -2.47. The number of hydrogen-bond donors (Lipinski definition) is 2. The predicted molar refractivity (Wildman–Crippen MR) is 61.7 cm³/mol. The number of rotatable bonds is 3. The Bertz CT molecular complexity index is 200. The van der Waals surface area contributed by atoms with Gasteiger partial charge in [0.15, 0.2) is 0 Å². The molecule has 3 N–H and O–H groups in total. The Labute approximate surface area is 92.2 Å². The van der Waals surface area contributed by atoms with E-state index in [9.17, 15) is 4.79 Å². The van der Waals surface area contributed by atoms with E-state index in [-0.39, 0.29) is 18.1 Å². The zero-order valence-electron chi connectivity index (χ0n) is 9.83. The molecule has 88 valence electrons. The number of piperidine rings is 1. The minimum atomic E-state index is 0.0721. The number of likely N-dealkylation sites (tertiary alicyclic amines) is 1. The van der Waals surface area contributed by atoms with Gasteiger partial charge in [0.2, 0.25) is 0 Å². The third kappa shape index (κ3) is 4.51. The highest BCUT2D eigenvalue weighted by atomic mass is 16.2. The van der Waals surface area contributed by atoms with E-state index in [4.69, 9.17) is 5.73 Å². The first-order valence-corrected chi connectivity index (χ1v) is 5.90. The van der Waals surface area contributed by atoms with Crippen LogP contribution in [0.2, 0.25) is 0 Å². The molecular weight excluding hydrogens is 190 g/mol. The molecule has 1 heterocycles. The van der Waals surface area contributed by atoms with Crippen molar-refractivity contribution in [3.8, 4) is 0 Å². The highest BCUT2D eigenvalue weighted by molar-refractivity contribution is 5.74. The number of carbonyl (C=O) groups is 1. The summed E-state index contributed by atoms with van der Waals surface area (Å²) in [5, 5.41) is 2.99. The van der Waals surface area contributed by atoms with Crippen molar-refractivity contribution in [2.24, 2.45) is 5.73 Å². The molecular formula is C11H23N3O. The first-order valence-electron chi connectivity index (χ1n) is 5.90. The number of carbonyl (C=O) groups excluding carboxylic acids is 1. The Kier molecular flexibility index (Phi) is 4.88. The van der Waals surface area contributed by atoms with Gasteiger partial charge >= 0.3 is 6.03 Å². The normalized spacial score (nSPS) is 20.9. The van der Waals surface area contributed by atoms with Crippen LogP contribution < -0.4 is 11.1 Å². The van der Waals surface area contributed by atoms with E-state index in [1.54, 1.807) is 0 Å². The Hall–Kier alpha value is -0.770. The molecule has 4 nitrogen and oxygen atoms in total. The molecule has 4 heteroatoms. The van der Waals surface area contributed by atoms with Crippen molar-refractivity contribution in [3.63, 3.8) is 0 Å². The van der Waals surface area contributed by atoms with Crippen LogP contribution >= 0.6 is 0 Å². The van der Waals surface area contributed by atoms with Crippen LogP contribution in [0, 0.1) is 0 Å². The van der Waals surface area contributed by atoms with Gasteiger partial charge in [0.05, 0.1) is 0 Å². The molecule has 0 bridgehead atoms. The molecule has 0 radical (unpaired) electrons. The predicted octanol–water partition coefficient (Wildman–Crippen LogP) is 1.31. The van der Waals surface area contributed by atoms with Crippen LogP contribution in [0.4, 0.5) is 4.79 Å². The van der Waals surface area contributed by atoms with Crippen molar-refractivity contribution in [3.05, 3.63) is 0 Å². The van der Waals surface area contributed by atoms with Crippen LogP contribution in [0.1, 0.15) is 39.5 Å². The van der Waals surface area contributed by atoms with Crippen molar-refractivity contribution in [1.82, 2.24) is 10.2 Å². The molecule has 2 atom stereocenters. The second-order valence-electron chi connectivity index (χ2n) is 4.61. The average Bonchev–Trinajstić information content (AvgIpc) is 2.17. The number of urea groups is 1. The number of amides is 2. The van der Waals surface area contributed by atoms with Gasteiger partial charge in [-0.3, -0.25) is 0 Å². The molecule has 0 aromatic rings. The summed E-state index contributed by atoms with van der Waals surface area (Å²) >= 11 is 0. The summed E-state index contributed by atoms with van der Waals surface area (Å²) in [6.07, 6.45) is 4.35. The SMILES string of the molecule is CC(N)CC(C)NC(=O)N1CCCCC1. The molecule has 1 aliphatic rings. The second-order valence-corrected chi connectivity index (χ2v) is 4.61. The van der Waals surface area contributed by atoms with Gasteiger partial charge < -0.3 is 16.0 Å². The maximum Gasteiger partial charge on any atom is 0.317 e. The van der Waals surface area contributed by atoms with Crippen molar-refractivity contribution < 1.29 is 4.79 Å². The summed E-state index contributed by atoms with van der Waals surface area (Å²) in [7, 11) is 0. The van der Waals surface area contributed by atoms with Gasteiger partial charge in [-0.25, -0.2) is 4.79 Å². The molecule has 0 saturated carbocycles. The van der Waals surface area contributed by atoms with Gasteiger partial charge in [0.1, 0.15) is 0 Å². The maximum atomic E-state index is 11.8. The zero-order valence-corrected chi connectivity index (χ0v) is 9.83. The maximum absolute atomic E-state index is 11.8. The quantitative estimate of drug-likeness (QED) is 0.742. The molecule has 0 aromatic carbocycles. The largest absolute Gasteiger partial charge is 0.335 e. The van der Waals surface area contributed by atoms with Gasteiger partial charge in [0.25, 0.3) is 0 Å². The third-order valence-electron chi connectivity index (χ3n) is 2.74. The van der Waals surface area contributed by atoms with Crippen molar-refractivity contribution in [2.45, 2.75) is 51.6 Å². The first-order chi connectivity index (χ1) is 7.09. The van der Waals surface area contributed by atoms with Crippen LogP contribution in [-0.4, -0.2) is 36.1 Å². The van der Waals surface area contributed by atoms with Crippen LogP contribution in [-0.2, 0) is 0 Å². The summed E-state index contributed by atoms with van der Waals surface area (Å²) in [6.45, 7) is 5.77. The highest BCUT2D eigenvalue weighted by Crippen LogP contribution is 2.08. The van der Waals surface area contributed by atoms with Crippen LogP contribution in [0.5, 0.6) is 0 Å². The summed E-state index contributed by atoms with van der Waals surface area (Å²) < 4.78 is 0. The van der Waals surface area contributed by atoms with Crippen LogP contribution in [0.3, 0.4) is 0 Å². The lowest BCUT2D eigenvalue weighted by molar-refractivity contribution is 0.182. The average molecular weight is 213 g/mol. The summed E-state index contributed by atoms with van der Waals surface area (Å²) in [5.74, 6) is 0. The molecule has 0 aromatic heterocycles. The van der Waals surface area contributed by atoms with Crippen molar-refractivity contribution >= 4 is 6.03 Å². The Balaban J connectivity index is 2.27. The van der Waals surface area contributed by atoms with E-state index < -0.39 is 0 Å². The Morgan fingerprint density at radius 1 is 1.33 bits per heavy atom. The van der Waals surface area contributed by atoms with E-state index in [0.717, 1.165) is 32.4 Å². The summed E-state index contributed by atoms with van der Waals surface area (Å²) in [4.78, 5) is 13.7. The lowest BCUT2D eigenvalue weighted by atomic mass is 10.1. The number of nitrogens with zero attached hydrogens (tertiary/aromatic N) is 1. The fourth-order valence-electron chi connectivity index (χ4n) is 2.02.